The maximum Gasteiger partial charge on any atom is 0.338 e. The SMILES string of the molecule is CC1=C(C(=O)OCc2cc(F)cc(F)c2)C(CF)NC(=S)N1. The molecule has 0 bridgehead atoms. The highest BCUT2D eigenvalue weighted by atomic mass is 32.1. The van der Waals surface area contributed by atoms with Gasteiger partial charge in [0.1, 0.15) is 24.9 Å². The summed E-state index contributed by atoms with van der Waals surface area (Å²) in [7, 11) is 0. The number of alkyl halides is 1. The van der Waals surface area contributed by atoms with Gasteiger partial charge in [0.25, 0.3) is 0 Å². The van der Waals surface area contributed by atoms with Crippen LogP contribution in [0.1, 0.15) is 12.5 Å². The largest absolute Gasteiger partial charge is 0.457 e. The molecule has 1 aliphatic heterocycles. The number of rotatable bonds is 4. The summed E-state index contributed by atoms with van der Waals surface area (Å²) in [5.41, 5.74) is 0.600. The van der Waals surface area contributed by atoms with Crippen LogP contribution in [0.3, 0.4) is 0 Å². The highest BCUT2D eigenvalue weighted by Gasteiger charge is 2.29. The third-order valence-electron chi connectivity index (χ3n) is 3.03. The molecule has 0 fully saturated rings. The number of hydrogen-bond acceptors (Lipinski definition) is 3. The van der Waals surface area contributed by atoms with Crippen LogP contribution in [0.15, 0.2) is 29.5 Å². The van der Waals surface area contributed by atoms with Crippen molar-refractivity contribution in [1.29, 1.82) is 0 Å². The van der Waals surface area contributed by atoms with E-state index in [4.69, 9.17) is 17.0 Å². The van der Waals surface area contributed by atoms with Gasteiger partial charge < -0.3 is 15.4 Å². The van der Waals surface area contributed by atoms with Crippen molar-refractivity contribution in [3.63, 3.8) is 0 Å². The van der Waals surface area contributed by atoms with Crippen LogP contribution in [0.25, 0.3) is 0 Å². The van der Waals surface area contributed by atoms with Crippen LogP contribution in [-0.4, -0.2) is 23.8 Å². The maximum absolute atomic E-state index is 13.1. The molecule has 0 saturated carbocycles. The summed E-state index contributed by atoms with van der Waals surface area (Å²) >= 11 is 4.88. The topological polar surface area (TPSA) is 50.4 Å². The molecule has 0 saturated heterocycles. The van der Waals surface area contributed by atoms with Crippen LogP contribution in [0, 0.1) is 11.6 Å². The second kappa shape index (κ2) is 6.78. The van der Waals surface area contributed by atoms with E-state index in [9.17, 15) is 18.0 Å². The van der Waals surface area contributed by atoms with E-state index in [0.29, 0.717) is 11.8 Å². The van der Waals surface area contributed by atoms with Crippen molar-refractivity contribution in [3.05, 3.63) is 46.7 Å². The predicted octanol–water partition coefficient (Wildman–Crippen LogP) is 2.10. The molecule has 1 aliphatic rings. The van der Waals surface area contributed by atoms with Gasteiger partial charge in [-0.3, -0.25) is 0 Å². The fourth-order valence-corrected chi connectivity index (χ4v) is 2.39. The second-order valence-electron chi connectivity index (χ2n) is 4.70. The Hall–Kier alpha value is -2.09. The van der Waals surface area contributed by atoms with Gasteiger partial charge in [0.2, 0.25) is 0 Å². The van der Waals surface area contributed by atoms with Crippen molar-refractivity contribution in [2.75, 3.05) is 6.67 Å². The van der Waals surface area contributed by atoms with E-state index in [1.165, 1.54) is 0 Å². The molecule has 1 aromatic rings. The Bertz CT molecular complexity index is 629. The normalized spacial score (nSPS) is 17.8. The van der Waals surface area contributed by atoms with Crippen LogP contribution in [0.4, 0.5) is 13.2 Å². The number of esters is 1. The molecule has 0 spiro atoms. The molecule has 0 radical (unpaired) electrons. The zero-order chi connectivity index (χ0) is 16.3. The number of allylic oxidation sites excluding steroid dienone is 1. The Morgan fingerprint density at radius 2 is 1.95 bits per heavy atom. The molecule has 22 heavy (non-hydrogen) atoms. The zero-order valence-electron chi connectivity index (χ0n) is 11.6. The van der Waals surface area contributed by atoms with Crippen LogP contribution in [0.5, 0.6) is 0 Å². The Balaban J connectivity index is 2.11. The van der Waals surface area contributed by atoms with Gasteiger partial charge in [-0.1, -0.05) is 0 Å². The number of thiocarbonyl (C=S) groups is 1. The summed E-state index contributed by atoms with van der Waals surface area (Å²) in [6.45, 7) is 0.389. The fraction of sp³-hybridized carbons (Fsp3) is 0.286. The van der Waals surface area contributed by atoms with Crippen molar-refractivity contribution in [3.8, 4) is 0 Å². The summed E-state index contributed by atoms with van der Waals surface area (Å²) in [6, 6.07) is 1.91. The predicted molar refractivity (Wildman–Crippen MR) is 77.5 cm³/mol. The molecule has 1 aromatic carbocycles. The van der Waals surface area contributed by atoms with Crippen molar-refractivity contribution in [1.82, 2.24) is 10.6 Å². The van der Waals surface area contributed by atoms with Gasteiger partial charge >= 0.3 is 5.97 Å². The standard InChI is InChI=1S/C14H13F3N2O2S/c1-7-12(11(5-15)19-14(22)18-7)13(20)21-6-8-2-9(16)4-10(17)3-8/h2-4,11H,5-6H2,1H3,(H2,18,19,22). The molecular formula is C14H13F3N2O2S. The first-order valence-corrected chi connectivity index (χ1v) is 6.78. The van der Waals surface area contributed by atoms with Crippen molar-refractivity contribution in [2.24, 2.45) is 0 Å². The average molecular weight is 330 g/mol. The number of ether oxygens (including phenoxy) is 1. The lowest BCUT2D eigenvalue weighted by Gasteiger charge is -2.27. The van der Waals surface area contributed by atoms with Crippen LogP contribution < -0.4 is 10.6 Å². The molecule has 0 aromatic heterocycles. The molecule has 2 N–H and O–H groups in total. The minimum Gasteiger partial charge on any atom is -0.457 e. The van der Waals surface area contributed by atoms with Crippen LogP contribution in [-0.2, 0) is 16.1 Å². The molecule has 0 amide bonds. The first kappa shape index (κ1) is 16.3. The number of carbonyl (C=O) groups is 1. The number of benzene rings is 1. The van der Waals surface area contributed by atoms with Crippen molar-refractivity contribution >= 4 is 23.3 Å². The van der Waals surface area contributed by atoms with Crippen LogP contribution in [0.2, 0.25) is 0 Å². The lowest BCUT2D eigenvalue weighted by atomic mass is 10.0. The van der Waals surface area contributed by atoms with E-state index in [0.717, 1.165) is 12.1 Å². The molecule has 4 nitrogen and oxygen atoms in total. The van der Waals surface area contributed by atoms with E-state index in [2.05, 4.69) is 10.6 Å². The van der Waals surface area contributed by atoms with E-state index in [1.807, 2.05) is 0 Å². The minimum absolute atomic E-state index is 0.0629. The Morgan fingerprint density at radius 3 is 2.55 bits per heavy atom. The minimum atomic E-state index is -0.912. The lowest BCUT2D eigenvalue weighted by Crippen LogP contribution is -2.50. The maximum atomic E-state index is 13.1. The lowest BCUT2D eigenvalue weighted by molar-refractivity contribution is -0.140. The Morgan fingerprint density at radius 1 is 1.32 bits per heavy atom. The molecule has 0 aliphatic carbocycles. The quantitative estimate of drug-likeness (QED) is 0.654. The van der Waals surface area contributed by atoms with Gasteiger partial charge in [0.05, 0.1) is 11.6 Å². The first-order valence-electron chi connectivity index (χ1n) is 6.37. The van der Waals surface area contributed by atoms with E-state index < -0.39 is 30.3 Å². The highest BCUT2D eigenvalue weighted by molar-refractivity contribution is 7.80. The summed E-state index contributed by atoms with van der Waals surface area (Å²) < 4.78 is 44.1. The van der Waals surface area contributed by atoms with Gasteiger partial charge in [-0.15, -0.1) is 0 Å². The van der Waals surface area contributed by atoms with Gasteiger partial charge in [-0.25, -0.2) is 18.0 Å². The van der Waals surface area contributed by atoms with Crippen molar-refractivity contribution < 1.29 is 22.7 Å². The molecule has 2 rings (SSSR count). The summed E-state index contributed by atoms with van der Waals surface area (Å²) in [6.07, 6.45) is 0. The molecule has 118 valence electrons. The highest BCUT2D eigenvalue weighted by Crippen LogP contribution is 2.16. The van der Waals surface area contributed by atoms with Gasteiger partial charge in [-0.2, -0.15) is 0 Å². The molecule has 1 unspecified atom stereocenters. The second-order valence-corrected chi connectivity index (χ2v) is 5.11. The van der Waals surface area contributed by atoms with Gasteiger partial charge in [0.15, 0.2) is 5.11 Å². The number of hydrogen-bond donors (Lipinski definition) is 2. The van der Waals surface area contributed by atoms with Crippen molar-refractivity contribution in [2.45, 2.75) is 19.6 Å². The van der Waals surface area contributed by atoms with E-state index in [1.54, 1.807) is 6.92 Å². The third kappa shape index (κ3) is 3.76. The zero-order valence-corrected chi connectivity index (χ0v) is 12.4. The summed E-state index contributed by atoms with van der Waals surface area (Å²) in [5.74, 6) is -2.32. The molecular weight excluding hydrogens is 317 g/mol. The van der Waals surface area contributed by atoms with E-state index >= 15 is 0 Å². The van der Waals surface area contributed by atoms with Crippen LogP contribution >= 0.6 is 12.2 Å². The Labute approximate surface area is 130 Å². The molecule has 8 heteroatoms. The van der Waals surface area contributed by atoms with Gasteiger partial charge in [0, 0.05) is 11.8 Å². The summed E-state index contributed by atoms with van der Waals surface area (Å²) in [4.78, 5) is 12.1. The summed E-state index contributed by atoms with van der Waals surface area (Å²) in [5, 5.41) is 5.53. The monoisotopic (exact) mass is 330 g/mol. The fourth-order valence-electron chi connectivity index (χ4n) is 2.10. The average Bonchev–Trinajstić information content (AvgIpc) is 2.42. The number of halogens is 3. The first-order chi connectivity index (χ1) is 10.4. The third-order valence-corrected chi connectivity index (χ3v) is 3.25. The number of nitrogens with one attached hydrogen (secondary N) is 2. The van der Waals surface area contributed by atoms with Gasteiger partial charge in [-0.05, 0) is 36.8 Å². The van der Waals surface area contributed by atoms with E-state index in [-0.39, 0.29) is 22.9 Å². The number of carbonyl (C=O) groups excluding carboxylic acids is 1. The molecule has 1 atom stereocenters. The smallest absolute Gasteiger partial charge is 0.338 e. The Kier molecular flexibility index (Phi) is 5.02. The molecule has 1 heterocycles.